The topological polar surface area (TPSA) is 47.6 Å². The number of carbonyl (C=O) groups excluding carboxylic acids is 1. The smallest absolute Gasteiger partial charge is 0.222 e. The zero-order valence-electron chi connectivity index (χ0n) is 6.47. The van der Waals surface area contributed by atoms with E-state index < -0.39 is 0 Å². The Morgan fingerprint density at radius 3 is 2.64 bits per heavy atom. The van der Waals surface area contributed by atoms with Gasteiger partial charge in [0.1, 0.15) is 0 Å². The summed E-state index contributed by atoms with van der Waals surface area (Å²) in [5.74, 6) is 0.0375. The van der Waals surface area contributed by atoms with Crippen molar-refractivity contribution in [2.24, 2.45) is 0 Å². The number of rotatable bonds is 0. The maximum Gasteiger partial charge on any atom is 0.222 e. The van der Waals surface area contributed by atoms with Crippen LogP contribution in [0.2, 0.25) is 0 Å². The Morgan fingerprint density at radius 2 is 1.82 bits per heavy atom. The van der Waals surface area contributed by atoms with E-state index in [0.29, 0.717) is 39.4 Å². The van der Waals surface area contributed by atoms with Crippen LogP contribution in [0.3, 0.4) is 0 Å². The Hall–Kier alpha value is -0.610. The van der Waals surface area contributed by atoms with Gasteiger partial charge >= 0.3 is 0 Å². The van der Waals surface area contributed by atoms with Gasteiger partial charge in [0.2, 0.25) is 5.91 Å². The maximum absolute atomic E-state index is 10.9. The van der Waals surface area contributed by atoms with Gasteiger partial charge in [0, 0.05) is 13.0 Å². The molecule has 11 heavy (non-hydrogen) atoms. The summed E-state index contributed by atoms with van der Waals surface area (Å²) in [5.41, 5.74) is 0. The predicted molar refractivity (Wildman–Crippen MR) is 39.3 cm³/mol. The van der Waals surface area contributed by atoms with E-state index >= 15 is 0 Å². The highest BCUT2D eigenvalue weighted by molar-refractivity contribution is 5.75. The molecular formula is C7H13NO3. The summed E-state index contributed by atoms with van der Waals surface area (Å²) in [6.45, 7) is 2.90. The Bertz CT molecular complexity index is 115. The highest BCUT2D eigenvalue weighted by atomic mass is 16.5. The molecule has 0 aliphatic carbocycles. The van der Waals surface area contributed by atoms with E-state index in [4.69, 9.17) is 9.47 Å². The van der Waals surface area contributed by atoms with E-state index in [-0.39, 0.29) is 5.91 Å². The number of hydrogen-bond acceptors (Lipinski definition) is 3. The third-order valence-electron chi connectivity index (χ3n) is 1.41. The molecule has 1 fully saturated rings. The second-order valence-electron chi connectivity index (χ2n) is 2.32. The molecule has 0 aromatic carbocycles. The molecule has 1 heterocycles. The van der Waals surface area contributed by atoms with Gasteiger partial charge in [-0.05, 0) is 0 Å². The Balaban J connectivity index is 2.17. The molecule has 0 radical (unpaired) electrons. The number of carbonyl (C=O) groups is 1. The normalized spacial score (nSPS) is 22.4. The highest BCUT2D eigenvalue weighted by Crippen LogP contribution is 1.86. The van der Waals surface area contributed by atoms with Gasteiger partial charge in [0.25, 0.3) is 0 Å². The second kappa shape index (κ2) is 5.09. The van der Waals surface area contributed by atoms with Crippen LogP contribution in [0.15, 0.2) is 0 Å². The summed E-state index contributed by atoms with van der Waals surface area (Å²) < 4.78 is 10.2. The molecule has 4 heteroatoms. The maximum atomic E-state index is 10.9. The molecule has 1 amide bonds. The highest BCUT2D eigenvalue weighted by Gasteiger charge is 2.01. The molecule has 0 aromatic heterocycles. The van der Waals surface area contributed by atoms with E-state index in [0.717, 1.165) is 0 Å². The minimum atomic E-state index is 0.0375. The fraction of sp³-hybridized carbons (Fsp3) is 0.857. The van der Waals surface area contributed by atoms with Gasteiger partial charge in [0.05, 0.1) is 26.4 Å². The van der Waals surface area contributed by atoms with Gasteiger partial charge in [-0.15, -0.1) is 0 Å². The molecular weight excluding hydrogens is 146 g/mol. The summed E-state index contributed by atoms with van der Waals surface area (Å²) in [5, 5.41) is 2.71. The van der Waals surface area contributed by atoms with Gasteiger partial charge in [0.15, 0.2) is 0 Å². The number of nitrogens with one attached hydrogen (secondary N) is 1. The van der Waals surface area contributed by atoms with E-state index in [2.05, 4.69) is 5.32 Å². The molecule has 0 spiro atoms. The molecule has 1 N–H and O–H groups in total. The first-order chi connectivity index (χ1) is 5.39. The fourth-order valence-corrected chi connectivity index (χ4v) is 0.838. The van der Waals surface area contributed by atoms with Gasteiger partial charge in [-0.3, -0.25) is 4.79 Å². The molecule has 4 nitrogen and oxygen atoms in total. The van der Waals surface area contributed by atoms with Crippen LogP contribution in [0.5, 0.6) is 0 Å². The van der Waals surface area contributed by atoms with Crippen molar-refractivity contribution in [2.45, 2.75) is 6.42 Å². The Kier molecular flexibility index (Phi) is 3.93. The quantitative estimate of drug-likeness (QED) is 0.520. The van der Waals surface area contributed by atoms with Gasteiger partial charge in [-0.1, -0.05) is 0 Å². The van der Waals surface area contributed by atoms with Crippen LogP contribution in [-0.4, -0.2) is 38.9 Å². The van der Waals surface area contributed by atoms with Crippen molar-refractivity contribution >= 4 is 5.91 Å². The standard InChI is InChI=1S/C7H13NO3/c9-7-1-3-10-5-6-11-4-2-8-7/h1-6H2,(H,8,9). The van der Waals surface area contributed by atoms with E-state index in [1.807, 2.05) is 0 Å². The molecule has 1 rings (SSSR count). The minimum absolute atomic E-state index is 0.0375. The van der Waals surface area contributed by atoms with Crippen LogP contribution in [-0.2, 0) is 14.3 Å². The van der Waals surface area contributed by atoms with E-state index in [9.17, 15) is 4.79 Å². The molecule has 1 aliphatic heterocycles. The van der Waals surface area contributed by atoms with E-state index in [1.54, 1.807) is 0 Å². The number of hydrogen-bond donors (Lipinski definition) is 1. The first-order valence-electron chi connectivity index (χ1n) is 3.82. The van der Waals surface area contributed by atoms with Gasteiger partial charge < -0.3 is 14.8 Å². The lowest BCUT2D eigenvalue weighted by molar-refractivity contribution is -0.123. The summed E-state index contributed by atoms with van der Waals surface area (Å²) in [6.07, 6.45) is 0.458. The fourth-order valence-electron chi connectivity index (χ4n) is 0.838. The van der Waals surface area contributed by atoms with E-state index in [1.165, 1.54) is 0 Å². The average Bonchev–Trinajstić information content (AvgIpc) is 2.03. The third kappa shape index (κ3) is 3.95. The SMILES string of the molecule is O=C1CCOCCOCCN1. The molecule has 0 saturated carbocycles. The minimum Gasteiger partial charge on any atom is -0.379 e. The first-order valence-corrected chi connectivity index (χ1v) is 3.82. The van der Waals surface area contributed by atoms with Gasteiger partial charge in [-0.2, -0.15) is 0 Å². The molecule has 0 atom stereocenters. The largest absolute Gasteiger partial charge is 0.379 e. The molecule has 1 aliphatic rings. The molecule has 0 unspecified atom stereocenters. The van der Waals surface area contributed by atoms with Crippen molar-refractivity contribution in [3.05, 3.63) is 0 Å². The van der Waals surface area contributed by atoms with Crippen LogP contribution in [0.1, 0.15) is 6.42 Å². The molecule has 0 bridgehead atoms. The second-order valence-corrected chi connectivity index (χ2v) is 2.32. The average molecular weight is 159 g/mol. The summed E-state index contributed by atoms with van der Waals surface area (Å²) in [7, 11) is 0. The van der Waals surface area contributed by atoms with Crippen molar-refractivity contribution in [1.82, 2.24) is 5.32 Å². The van der Waals surface area contributed by atoms with Crippen LogP contribution in [0.4, 0.5) is 0 Å². The van der Waals surface area contributed by atoms with Crippen LogP contribution >= 0.6 is 0 Å². The van der Waals surface area contributed by atoms with Crippen molar-refractivity contribution < 1.29 is 14.3 Å². The summed E-state index contributed by atoms with van der Waals surface area (Å²) >= 11 is 0. The van der Waals surface area contributed by atoms with Crippen molar-refractivity contribution in [3.8, 4) is 0 Å². The molecule has 64 valence electrons. The summed E-state index contributed by atoms with van der Waals surface area (Å²) in [6, 6.07) is 0. The Labute approximate surface area is 65.9 Å². The van der Waals surface area contributed by atoms with Crippen LogP contribution in [0.25, 0.3) is 0 Å². The lowest BCUT2D eigenvalue weighted by Gasteiger charge is -2.09. The number of ether oxygens (including phenoxy) is 2. The van der Waals surface area contributed by atoms with Crippen molar-refractivity contribution in [1.29, 1.82) is 0 Å². The monoisotopic (exact) mass is 159 g/mol. The lowest BCUT2D eigenvalue weighted by Crippen LogP contribution is -2.29. The zero-order chi connectivity index (χ0) is 7.94. The Morgan fingerprint density at radius 1 is 1.09 bits per heavy atom. The molecule has 0 aromatic rings. The lowest BCUT2D eigenvalue weighted by atomic mass is 10.4. The van der Waals surface area contributed by atoms with Crippen LogP contribution < -0.4 is 5.32 Å². The zero-order valence-corrected chi connectivity index (χ0v) is 6.47. The number of amides is 1. The first kappa shape index (κ1) is 8.49. The van der Waals surface area contributed by atoms with Crippen molar-refractivity contribution in [3.63, 3.8) is 0 Å². The van der Waals surface area contributed by atoms with Crippen molar-refractivity contribution in [2.75, 3.05) is 33.0 Å². The van der Waals surface area contributed by atoms with Gasteiger partial charge in [-0.25, -0.2) is 0 Å². The molecule has 1 saturated heterocycles. The summed E-state index contributed by atoms with van der Waals surface area (Å²) in [4.78, 5) is 10.9. The van der Waals surface area contributed by atoms with Crippen LogP contribution in [0, 0.1) is 0 Å². The predicted octanol–water partition coefficient (Wildman–Crippen LogP) is -0.461. The third-order valence-corrected chi connectivity index (χ3v) is 1.41.